The van der Waals surface area contributed by atoms with Gasteiger partial charge in [-0.15, -0.1) is 0 Å². The van der Waals surface area contributed by atoms with Gasteiger partial charge in [0, 0.05) is 11.6 Å². The molecular formula is C11H19F3N2O3. The normalized spacial score (nSPS) is 13.8. The maximum atomic E-state index is 12.1. The molecule has 0 radical (unpaired) electrons. The van der Waals surface area contributed by atoms with Crippen molar-refractivity contribution in [3.05, 3.63) is 0 Å². The van der Waals surface area contributed by atoms with Crippen molar-refractivity contribution in [3.8, 4) is 0 Å². The summed E-state index contributed by atoms with van der Waals surface area (Å²) in [5.41, 5.74) is -0.805. The molecule has 0 aromatic heterocycles. The lowest BCUT2D eigenvalue weighted by Gasteiger charge is -2.35. The fourth-order valence-electron chi connectivity index (χ4n) is 1.44. The Morgan fingerprint density at radius 2 is 1.74 bits per heavy atom. The van der Waals surface area contributed by atoms with Crippen LogP contribution in [0.3, 0.4) is 0 Å². The molecule has 8 heteroatoms. The van der Waals surface area contributed by atoms with Gasteiger partial charge in [0.25, 0.3) is 0 Å². The van der Waals surface area contributed by atoms with Gasteiger partial charge in [-0.25, -0.2) is 4.79 Å². The summed E-state index contributed by atoms with van der Waals surface area (Å²) in [5, 5.41) is 10.9. The number of carbonyl (C=O) groups is 2. The molecule has 0 saturated heterocycles. The molecule has 0 rings (SSSR count). The SMILES string of the molecule is CC(CC(F)(F)F)NC(=O)N(CC(=O)O)C(C)(C)C. The number of hydrogen-bond donors (Lipinski definition) is 2. The van der Waals surface area contributed by atoms with Crippen LogP contribution in [-0.4, -0.2) is 46.3 Å². The Hall–Kier alpha value is -1.47. The molecule has 19 heavy (non-hydrogen) atoms. The minimum Gasteiger partial charge on any atom is -0.480 e. The highest BCUT2D eigenvalue weighted by atomic mass is 19.4. The van der Waals surface area contributed by atoms with Crippen LogP contribution < -0.4 is 5.32 Å². The lowest BCUT2D eigenvalue weighted by molar-refractivity contribution is -0.140. The lowest BCUT2D eigenvalue weighted by Crippen LogP contribution is -2.54. The molecule has 2 N–H and O–H groups in total. The molecule has 112 valence electrons. The van der Waals surface area contributed by atoms with E-state index in [-0.39, 0.29) is 0 Å². The van der Waals surface area contributed by atoms with E-state index in [1.165, 1.54) is 6.92 Å². The Morgan fingerprint density at radius 1 is 1.26 bits per heavy atom. The van der Waals surface area contributed by atoms with Crippen molar-refractivity contribution in [2.45, 2.75) is 51.9 Å². The van der Waals surface area contributed by atoms with E-state index in [1.54, 1.807) is 20.8 Å². The maximum absolute atomic E-state index is 12.1. The molecule has 0 fully saturated rings. The summed E-state index contributed by atoms with van der Waals surface area (Å²) in [6.45, 7) is 5.44. The quantitative estimate of drug-likeness (QED) is 0.831. The Kier molecular flexibility index (Phi) is 5.64. The third-order valence-corrected chi connectivity index (χ3v) is 2.26. The zero-order valence-electron chi connectivity index (χ0n) is 11.3. The topological polar surface area (TPSA) is 69.6 Å². The number of carboxylic acids is 1. The number of halogens is 3. The van der Waals surface area contributed by atoms with Gasteiger partial charge in [-0.3, -0.25) is 4.79 Å². The van der Waals surface area contributed by atoms with E-state index < -0.39 is 42.7 Å². The van der Waals surface area contributed by atoms with E-state index in [0.29, 0.717) is 0 Å². The fourth-order valence-corrected chi connectivity index (χ4v) is 1.44. The van der Waals surface area contributed by atoms with E-state index in [1.807, 2.05) is 0 Å². The first-order valence-electron chi connectivity index (χ1n) is 5.69. The van der Waals surface area contributed by atoms with Gasteiger partial charge < -0.3 is 15.3 Å². The average molecular weight is 284 g/mol. The van der Waals surface area contributed by atoms with Gasteiger partial charge >= 0.3 is 18.2 Å². The van der Waals surface area contributed by atoms with Crippen LogP contribution in [0.15, 0.2) is 0 Å². The largest absolute Gasteiger partial charge is 0.480 e. The van der Waals surface area contributed by atoms with E-state index in [2.05, 4.69) is 5.32 Å². The van der Waals surface area contributed by atoms with Crippen LogP contribution in [0.25, 0.3) is 0 Å². The molecule has 0 aliphatic rings. The Morgan fingerprint density at radius 3 is 2.05 bits per heavy atom. The number of aliphatic carboxylic acids is 1. The summed E-state index contributed by atoms with van der Waals surface area (Å²) in [4.78, 5) is 23.5. The van der Waals surface area contributed by atoms with E-state index >= 15 is 0 Å². The van der Waals surface area contributed by atoms with E-state index in [9.17, 15) is 22.8 Å². The standard InChI is InChI=1S/C11H19F3N2O3/c1-7(5-11(12,13)14)15-9(19)16(6-8(17)18)10(2,3)4/h7H,5-6H2,1-4H3,(H,15,19)(H,17,18). The third-order valence-electron chi connectivity index (χ3n) is 2.26. The first-order chi connectivity index (χ1) is 8.33. The number of urea groups is 1. The second kappa shape index (κ2) is 6.12. The van der Waals surface area contributed by atoms with E-state index in [4.69, 9.17) is 5.11 Å². The summed E-state index contributed by atoms with van der Waals surface area (Å²) in [6, 6.07) is -1.95. The van der Waals surface area contributed by atoms with Gasteiger partial charge in [0.2, 0.25) is 0 Å². The fraction of sp³-hybridized carbons (Fsp3) is 0.818. The van der Waals surface area contributed by atoms with Crippen molar-refractivity contribution in [3.63, 3.8) is 0 Å². The summed E-state index contributed by atoms with van der Waals surface area (Å²) >= 11 is 0. The number of rotatable bonds is 4. The van der Waals surface area contributed by atoms with Crippen LogP contribution in [0.1, 0.15) is 34.1 Å². The minimum atomic E-state index is -4.38. The minimum absolute atomic E-state index is 0.575. The Bertz CT molecular complexity index is 337. The van der Waals surface area contributed by atoms with E-state index in [0.717, 1.165) is 4.90 Å². The number of alkyl halides is 3. The zero-order valence-corrected chi connectivity index (χ0v) is 11.3. The third kappa shape index (κ3) is 7.53. The number of nitrogens with zero attached hydrogens (tertiary/aromatic N) is 1. The first kappa shape index (κ1) is 17.5. The number of carboxylic acid groups (broad SMARTS) is 1. The summed E-state index contributed by atoms with van der Waals surface area (Å²) in [7, 11) is 0. The molecule has 0 aromatic carbocycles. The van der Waals surface area contributed by atoms with Crippen molar-refractivity contribution in [1.82, 2.24) is 10.2 Å². The molecule has 0 saturated carbocycles. The molecule has 5 nitrogen and oxygen atoms in total. The predicted molar refractivity (Wildman–Crippen MR) is 62.8 cm³/mol. The molecule has 1 atom stereocenters. The number of carbonyl (C=O) groups excluding carboxylic acids is 1. The van der Waals surface area contributed by atoms with Crippen LogP contribution in [-0.2, 0) is 4.79 Å². The second-order valence-corrected chi connectivity index (χ2v) is 5.32. The number of amides is 2. The molecule has 2 amide bonds. The molecule has 0 heterocycles. The molecule has 1 unspecified atom stereocenters. The highest BCUT2D eigenvalue weighted by molar-refractivity contribution is 5.80. The zero-order chi connectivity index (χ0) is 15.4. The van der Waals surface area contributed by atoms with Crippen molar-refractivity contribution in [2.75, 3.05) is 6.54 Å². The van der Waals surface area contributed by atoms with Crippen LogP contribution in [0, 0.1) is 0 Å². The van der Waals surface area contributed by atoms with Gasteiger partial charge in [-0.2, -0.15) is 13.2 Å². The van der Waals surface area contributed by atoms with Crippen molar-refractivity contribution in [1.29, 1.82) is 0 Å². The maximum Gasteiger partial charge on any atom is 0.391 e. The lowest BCUT2D eigenvalue weighted by atomic mass is 10.1. The summed E-state index contributed by atoms with van der Waals surface area (Å²) in [6.07, 6.45) is -5.55. The Balaban J connectivity index is 4.70. The molecular weight excluding hydrogens is 265 g/mol. The molecule has 0 bridgehead atoms. The highest BCUT2D eigenvalue weighted by Crippen LogP contribution is 2.21. The molecule has 0 aliphatic heterocycles. The van der Waals surface area contributed by atoms with Gasteiger partial charge in [-0.05, 0) is 27.7 Å². The molecule has 0 aliphatic carbocycles. The smallest absolute Gasteiger partial charge is 0.391 e. The summed E-state index contributed by atoms with van der Waals surface area (Å²) in [5.74, 6) is -1.23. The number of hydrogen-bond acceptors (Lipinski definition) is 2. The second-order valence-electron chi connectivity index (χ2n) is 5.32. The van der Waals surface area contributed by atoms with Crippen molar-refractivity contribution in [2.24, 2.45) is 0 Å². The number of nitrogens with one attached hydrogen (secondary N) is 1. The molecule has 0 aromatic rings. The van der Waals surface area contributed by atoms with Gasteiger partial charge in [0.05, 0.1) is 6.42 Å². The first-order valence-corrected chi connectivity index (χ1v) is 5.69. The average Bonchev–Trinajstić information content (AvgIpc) is 2.08. The van der Waals surface area contributed by atoms with Crippen LogP contribution in [0.5, 0.6) is 0 Å². The molecule has 0 spiro atoms. The van der Waals surface area contributed by atoms with Crippen LogP contribution >= 0.6 is 0 Å². The van der Waals surface area contributed by atoms with Gasteiger partial charge in [-0.1, -0.05) is 0 Å². The van der Waals surface area contributed by atoms with Gasteiger partial charge in [0.15, 0.2) is 0 Å². The van der Waals surface area contributed by atoms with Crippen molar-refractivity contribution >= 4 is 12.0 Å². The summed E-state index contributed by atoms with van der Waals surface area (Å²) < 4.78 is 36.4. The highest BCUT2D eigenvalue weighted by Gasteiger charge is 2.33. The Labute approximate surface area is 109 Å². The predicted octanol–water partition coefficient (Wildman–Crippen LogP) is 2.22. The monoisotopic (exact) mass is 284 g/mol. The van der Waals surface area contributed by atoms with Crippen molar-refractivity contribution < 1.29 is 27.9 Å². The van der Waals surface area contributed by atoms with Crippen LogP contribution in [0.2, 0.25) is 0 Å². The van der Waals surface area contributed by atoms with Gasteiger partial charge in [0.1, 0.15) is 6.54 Å². The van der Waals surface area contributed by atoms with Crippen LogP contribution in [0.4, 0.5) is 18.0 Å².